The molecule has 0 nitrogen and oxygen atoms in total. The second-order valence-electron chi connectivity index (χ2n) is 3.27. The molecule has 0 saturated carbocycles. The van der Waals surface area contributed by atoms with E-state index in [4.69, 9.17) is 12.2 Å². The van der Waals surface area contributed by atoms with E-state index in [1.807, 2.05) is 0 Å². The minimum Gasteiger partial charge on any atom is -0.0619 e. The highest BCUT2D eigenvalue weighted by molar-refractivity contribution is 8.53. The number of thiol groups is 1. The van der Waals surface area contributed by atoms with E-state index in [0.29, 0.717) is 0 Å². The van der Waals surface area contributed by atoms with E-state index in [-0.39, 0.29) is 0 Å². The molecule has 0 aliphatic rings. The smallest absolute Gasteiger partial charge is 0.0619 e. The van der Waals surface area contributed by atoms with Crippen LogP contribution in [0.15, 0.2) is 0 Å². The third-order valence-corrected chi connectivity index (χ3v) is 7.56. The van der Waals surface area contributed by atoms with Gasteiger partial charge in [-0.15, -0.1) is 0 Å². The molecule has 0 bridgehead atoms. The predicted molar refractivity (Wildman–Crippen MR) is 61.4 cm³/mol. The molecule has 0 rings (SSSR count). The molecular weight excluding hydrogens is 171 g/mol. The van der Waals surface area contributed by atoms with Crippen LogP contribution < -0.4 is 0 Å². The molecule has 0 amide bonds. The van der Waals surface area contributed by atoms with Gasteiger partial charge in [0.05, 0.1) is 25.0 Å². The maximum atomic E-state index is 4.87. The Labute approximate surface area is 77.6 Å². The predicted octanol–water partition coefficient (Wildman–Crippen LogP) is 4.08. The zero-order chi connectivity index (χ0) is 8.74. The van der Waals surface area contributed by atoms with Crippen molar-refractivity contribution in [3.63, 3.8) is 0 Å². The summed E-state index contributed by atoms with van der Waals surface area (Å²) in [6.07, 6.45) is 8.11. The van der Waals surface area contributed by atoms with Gasteiger partial charge in [0.25, 0.3) is 0 Å². The van der Waals surface area contributed by atoms with Crippen molar-refractivity contribution >= 4 is 18.7 Å². The average molecular weight is 193 g/mol. The van der Waals surface area contributed by atoms with E-state index in [0.717, 1.165) is 0 Å². The molecule has 11 heavy (non-hydrogen) atoms. The van der Waals surface area contributed by atoms with Crippen LogP contribution in [0.2, 0.25) is 0 Å². The lowest BCUT2D eigenvalue weighted by Crippen LogP contribution is -2.00. The molecule has 0 spiro atoms. The van der Waals surface area contributed by atoms with E-state index in [1.54, 1.807) is 0 Å². The van der Waals surface area contributed by atoms with Crippen molar-refractivity contribution in [3.8, 4) is 0 Å². The van der Waals surface area contributed by atoms with Gasteiger partial charge in [0.15, 0.2) is 0 Å². The standard InChI is InChI=1S/C9H22PS/c1-4-7-10(11,8-5-2)9-6-3/h11H,4-9H2,1-3H3/q+1. The van der Waals surface area contributed by atoms with E-state index >= 15 is 0 Å². The van der Waals surface area contributed by atoms with Gasteiger partial charge in [0.1, 0.15) is 0 Å². The van der Waals surface area contributed by atoms with Crippen molar-refractivity contribution in [1.82, 2.24) is 0 Å². The Morgan fingerprint density at radius 3 is 1.27 bits per heavy atom. The molecule has 0 fully saturated rings. The topological polar surface area (TPSA) is 0 Å². The number of hydrogen-bond acceptors (Lipinski definition) is 1. The summed E-state index contributed by atoms with van der Waals surface area (Å²) in [5.74, 6) is 0. The van der Waals surface area contributed by atoms with Crippen LogP contribution in [0.25, 0.3) is 0 Å². The van der Waals surface area contributed by atoms with Crippen LogP contribution in [0.1, 0.15) is 40.0 Å². The summed E-state index contributed by atoms with van der Waals surface area (Å²) in [5.41, 5.74) is 0. The van der Waals surface area contributed by atoms with Crippen LogP contribution in [-0.4, -0.2) is 18.5 Å². The Bertz CT molecular complexity index is 76.5. The highest BCUT2D eigenvalue weighted by atomic mass is 32.7. The molecule has 0 saturated heterocycles. The Hall–Kier alpha value is 0.780. The zero-order valence-corrected chi connectivity index (χ0v) is 9.93. The molecule has 2 heteroatoms. The molecule has 0 aliphatic heterocycles. The van der Waals surface area contributed by atoms with Gasteiger partial charge in [-0.05, 0) is 19.3 Å². The molecule has 0 heterocycles. The third-order valence-electron chi connectivity index (χ3n) is 1.92. The minimum atomic E-state index is -0.775. The molecule has 68 valence electrons. The lowest BCUT2D eigenvalue weighted by Gasteiger charge is -2.19. The summed E-state index contributed by atoms with van der Waals surface area (Å²) in [4.78, 5) is 0. The summed E-state index contributed by atoms with van der Waals surface area (Å²) in [6.45, 7) is 6.05. The van der Waals surface area contributed by atoms with E-state index in [2.05, 4.69) is 20.8 Å². The SMILES string of the molecule is CCC[P+](S)(CCC)CCC. The Kier molecular flexibility index (Phi) is 6.76. The van der Waals surface area contributed by atoms with Crippen LogP contribution in [-0.2, 0) is 0 Å². The second-order valence-corrected chi connectivity index (χ2v) is 9.34. The fraction of sp³-hybridized carbons (Fsp3) is 1.00. The van der Waals surface area contributed by atoms with Gasteiger partial charge in [0, 0.05) is 12.2 Å². The fourth-order valence-corrected chi connectivity index (χ4v) is 6.55. The summed E-state index contributed by atoms with van der Waals surface area (Å²) in [5, 5.41) is 0. The summed E-state index contributed by atoms with van der Waals surface area (Å²) < 4.78 is 0. The van der Waals surface area contributed by atoms with Crippen LogP contribution in [0.4, 0.5) is 0 Å². The van der Waals surface area contributed by atoms with Crippen LogP contribution in [0.5, 0.6) is 0 Å². The summed E-state index contributed by atoms with van der Waals surface area (Å²) in [7, 11) is 0. The van der Waals surface area contributed by atoms with Gasteiger partial charge < -0.3 is 0 Å². The molecular formula is C9H22PS+. The van der Waals surface area contributed by atoms with Gasteiger partial charge in [-0.25, -0.2) is 0 Å². The quantitative estimate of drug-likeness (QED) is 0.477. The van der Waals surface area contributed by atoms with Crippen molar-refractivity contribution in [1.29, 1.82) is 0 Å². The van der Waals surface area contributed by atoms with Crippen molar-refractivity contribution in [3.05, 3.63) is 0 Å². The molecule has 0 unspecified atom stereocenters. The summed E-state index contributed by atoms with van der Waals surface area (Å²) in [6, 6.07) is 0. The monoisotopic (exact) mass is 193 g/mol. The fourth-order valence-electron chi connectivity index (χ4n) is 1.58. The molecule has 0 aromatic rings. The van der Waals surface area contributed by atoms with Crippen molar-refractivity contribution in [2.45, 2.75) is 40.0 Å². The Morgan fingerprint density at radius 2 is 1.09 bits per heavy atom. The van der Waals surface area contributed by atoms with Gasteiger partial charge >= 0.3 is 0 Å². The van der Waals surface area contributed by atoms with Crippen molar-refractivity contribution < 1.29 is 0 Å². The van der Waals surface area contributed by atoms with E-state index in [1.165, 1.54) is 37.7 Å². The first-order valence-electron chi connectivity index (χ1n) is 4.77. The minimum absolute atomic E-state index is 0.775. The molecule has 0 atom stereocenters. The number of hydrogen-bond donors (Lipinski definition) is 1. The molecule has 0 radical (unpaired) electrons. The zero-order valence-electron chi connectivity index (χ0n) is 8.14. The highest BCUT2D eigenvalue weighted by Crippen LogP contribution is 2.64. The van der Waals surface area contributed by atoms with Crippen molar-refractivity contribution in [2.24, 2.45) is 0 Å². The largest absolute Gasteiger partial charge is 0.0705 e. The highest BCUT2D eigenvalue weighted by Gasteiger charge is 2.29. The first kappa shape index (κ1) is 11.8. The van der Waals surface area contributed by atoms with Crippen LogP contribution in [0, 0.1) is 0 Å². The maximum absolute atomic E-state index is 4.87. The average Bonchev–Trinajstić information content (AvgIpc) is 1.88. The first-order chi connectivity index (χ1) is 5.18. The van der Waals surface area contributed by atoms with Gasteiger partial charge in [-0.2, -0.15) is 0 Å². The third kappa shape index (κ3) is 5.09. The molecule has 0 N–H and O–H groups in total. The number of rotatable bonds is 6. The molecule has 0 aromatic heterocycles. The van der Waals surface area contributed by atoms with E-state index in [9.17, 15) is 0 Å². The molecule has 0 aromatic carbocycles. The van der Waals surface area contributed by atoms with Crippen molar-refractivity contribution in [2.75, 3.05) is 18.5 Å². The van der Waals surface area contributed by atoms with Crippen LogP contribution >= 0.6 is 18.7 Å². The summed E-state index contributed by atoms with van der Waals surface area (Å²) >= 11 is 4.87. The normalized spacial score (nSPS) is 12.0. The Balaban J connectivity index is 3.79. The molecule has 0 aliphatic carbocycles. The van der Waals surface area contributed by atoms with Gasteiger partial charge in [0.2, 0.25) is 0 Å². The maximum Gasteiger partial charge on any atom is 0.0705 e. The van der Waals surface area contributed by atoms with Gasteiger partial charge in [-0.1, -0.05) is 20.8 Å². The van der Waals surface area contributed by atoms with Crippen LogP contribution in [0.3, 0.4) is 0 Å². The Morgan fingerprint density at radius 1 is 0.818 bits per heavy atom. The second kappa shape index (κ2) is 6.31. The van der Waals surface area contributed by atoms with E-state index < -0.39 is 6.46 Å². The lowest BCUT2D eigenvalue weighted by molar-refractivity contribution is 1.01. The first-order valence-corrected chi connectivity index (χ1v) is 8.27. The van der Waals surface area contributed by atoms with Gasteiger partial charge in [-0.3, -0.25) is 0 Å². The lowest BCUT2D eigenvalue weighted by atomic mass is 10.6.